The molecular weight excluding hydrogens is 372 g/mol. The molecule has 7 heteroatoms. The molecule has 0 aliphatic carbocycles. The Kier molecular flexibility index (Phi) is 4.78. The van der Waals surface area contributed by atoms with Crippen LogP contribution < -0.4 is 4.72 Å². The topological polar surface area (TPSA) is 67.2 Å². The Morgan fingerprint density at radius 2 is 1.71 bits per heavy atom. The molecule has 144 valence electrons. The number of fused-ring (bicyclic) bond motifs is 2. The monoisotopic (exact) mass is 394 g/mol. The molecule has 0 radical (unpaired) electrons. The Bertz CT molecular complexity index is 1250. The van der Waals surface area contributed by atoms with Crippen molar-refractivity contribution in [1.82, 2.24) is 14.7 Å². The molecule has 0 fully saturated rings. The second-order valence-corrected chi connectivity index (χ2v) is 8.74. The molecule has 6 nitrogen and oxygen atoms in total. The van der Waals surface area contributed by atoms with Crippen molar-refractivity contribution < 1.29 is 8.42 Å². The van der Waals surface area contributed by atoms with Crippen molar-refractivity contribution in [3.05, 3.63) is 66.9 Å². The predicted molar refractivity (Wildman–Crippen MR) is 113 cm³/mol. The van der Waals surface area contributed by atoms with Crippen LogP contribution in [0, 0.1) is 0 Å². The van der Waals surface area contributed by atoms with Crippen LogP contribution >= 0.6 is 0 Å². The molecular formula is C21H22N4O2S. The highest BCUT2D eigenvalue weighted by molar-refractivity contribution is 7.92. The molecule has 0 saturated heterocycles. The molecule has 0 spiro atoms. The van der Waals surface area contributed by atoms with Crippen molar-refractivity contribution in [1.29, 1.82) is 0 Å². The molecule has 0 saturated carbocycles. The van der Waals surface area contributed by atoms with Crippen molar-refractivity contribution in [3.8, 4) is 0 Å². The van der Waals surface area contributed by atoms with Crippen LogP contribution in [0.1, 0.15) is 0 Å². The lowest BCUT2D eigenvalue weighted by atomic mass is 10.1. The summed E-state index contributed by atoms with van der Waals surface area (Å²) >= 11 is 0. The first-order valence-electron chi connectivity index (χ1n) is 9.04. The van der Waals surface area contributed by atoms with Crippen LogP contribution in [-0.2, 0) is 16.6 Å². The highest BCUT2D eigenvalue weighted by Gasteiger charge is 2.15. The fourth-order valence-corrected chi connectivity index (χ4v) is 4.24. The number of benzene rings is 3. The number of nitrogens with one attached hydrogen (secondary N) is 1. The summed E-state index contributed by atoms with van der Waals surface area (Å²) in [6.07, 6.45) is 1.80. The number of anilines is 1. The second-order valence-electron chi connectivity index (χ2n) is 7.06. The van der Waals surface area contributed by atoms with Gasteiger partial charge in [0, 0.05) is 11.9 Å². The van der Waals surface area contributed by atoms with E-state index in [0.717, 1.165) is 34.8 Å². The molecule has 0 atom stereocenters. The van der Waals surface area contributed by atoms with Crippen molar-refractivity contribution in [2.24, 2.45) is 0 Å². The van der Waals surface area contributed by atoms with Crippen LogP contribution in [0.25, 0.3) is 21.7 Å². The van der Waals surface area contributed by atoms with Crippen LogP contribution in [-0.4, -0.2) is 43.7 Å². The third-order valence-corrected chi connectivity index (χ3v) is 6.07. The Morgan fingerprint density at radius 1 is 0.964 bits per heavy atom. The second kappa shape index (κ2) is 7.26. The zero-order valence-corrected chi connectivity index (χ0v) is 16.6. The molecule has 4 aromatic rings. The van der Waals surface area contributed by atoms with E-state index in [9.17, 15) is 8.42 Å². The van der Waals surface area contributed by atoms with Crippen molar-refractivity contribution in [2.45, 2.75) is 11.4 Å². The van der Waals surface area contributed by atoms with Gasteiger partial charge in [0.2, 0.25) is 0 Å². The summed E-state index contributed by atoms with van der Waals surface area (Å²) in [6, 6.07) is 18.3. The number of hydrogen-bond donors (Lipinski definition) is 1. The zero-order valence-electron chi connectivity index (χ0n) is 15.8. The maximum Gasteiger partial charge on any atom is 0.261 e. The Balaban J connectivity index is 1.64. The van der Waals surface area contributed by atoms with Gasteiger partial charge in [0.1, 0.15) is 0 Å². The van der Waals surface area contributed by atoms with Gasteiger partial charge in [-0.2, -0.15) is 5.10 Å². The number of nitrogens with zero attached hydrogens (tertiary/aromatic N) is 3. The number of hydrogen-bond acceptors (Lipinski definition) is 4. The zero-order chi connectivity index (χ0) is 19.7. The van der Waals surface area contributed by atoms with Gasteiger partial charge in [-0.25, -0.2) is 8.42 Å². The standard InChI is InChI=1S/C21H22N4O2S/c1-24(2)11-12-25-21-14-19(9-7-18(21)15-22-25)23-28(26,27)20-10-8-16-5-3-4-6-17(16)13-20/h3-10,13-15,23H,11-12H2,1-2H3. The SMILES string of the molecule is CN(C)CCn1ncc2ccc(NS(=O)(=O)c3ccc4ccccc4c3)cc21. The quantitative estimate of drug-likeness (QED) is 0.543. The minimum Gasteiger partial charge on any atom is -0.308 e. The maximum atomic E-state index is 12.9. The smallest absolute Gasteiger partial charge is 0.261 e. The molecule has 1 aromatic heterocycles. The van der Waals surface area contributed by atoms with Gasteiger partial charge < -0.3 is 4.90 Å². The van der Waals surface area contributed by atoms with Crippen molar-refractivity contribution >= 4 is 37.4 Å². The summed E-state index contributed by atoms with van der Waals surface area (Å²) in [5.74, 6) is 0. The maximum absolute atomic E-state index is 12.9. The van der Waals surface area contributed by atoms with Crippen molar-refractivity contribution in [3.63, 3.8) is 0 Å². The first-order valence-corrected chi connectivity index (χ1v) is 10.5. The van der Waals surface area contributed by atoms with Gasteiger partial charge in [0.15, 0.2) is 0 Å². The summed E-state index contributed by atoms with van der Waals surface area (Å²) in [5.41, 5.74) is 1.42. The molecule has 28 heavy (non-hydrogen) atoms. The summed E-state index contributed by atoms with van der Waals surface area (Å²) in [7, 11) is 0.335. The predicted octanol–water partition coefficient (Wildman–Crippen LogP) is 3.55. The van der Waals surface area contributed by atoms with Gasteiger partial charge in [-0.3, -0.25) is 9.40 Å². The van der Waals surface area contributed by atoms with E-state index in [1.54, 1.807) is 24.4 Å². The van der Waals surface area contributed by atoms with Gasteiger partial charge in [0.25, 0.3) is 10.0 Å². The van der Waals surface area contributed by atoms with Crippen LogP contribution in [0.5, 0.6) is 0 Å². The molecule has 3 aromatic carbocycles. The van der Waals surface area contributed by atoms with E-state index in [2.05, 4.69) is 14.7 Å². The highest BCUT2D eigenvalue weighted by Crippen LogP contribution is 2.24. The lowest BCUT2D eigenvalue weighted by Crippen LogP contribution is -2.19. The number of aromatic nitrogens is 2. The minimum atomic E-state index is -3.68. The largest absolute Gasteiger partial charge is 0.308 e. The lowest BCUT2D eigenvalue weighted by Gasteiger charge is -2.11. The first-order chi connectivity index (χ1) is 13.4. The van der Waals surface area contributed by atoms with E-state index in [0.29, 0.717) is 5.69 Å². The minimum absolute atomic E-state index is 0.243. The summed E-state index contributed by atoms with van der Waals surface area (Å²) in [5, 5.41) is 7.29. The van der Waals surface area contributed by atoms with Gasteiger partial charge in [-0.05, 0) is 55.2 Å². The number of likely N-dealkylation sites (N-methyl/N-ethyl adjacent to an activating group) is 1. The molecule has 0 amide bonds. The van der Waals surface area contributed by atoms with Gasteiger partial charge in [-0.15, -0.1) is 0 Å². The lowest BCUT2D eigenvalue weighted by molar-refractivity contribution is 0.377. The van der Waals surface area contributed by atoms with E-state index in [1.165, 1.54) is 0 Å². The number of rotatable bonds is 6. The number of sulfonamides is 1. The molecule has 1 heterocycles. The molecule has 4 rings (SSSR count). The van der Waals surface area contributed by atoms with E-state index >= 15 is 0 Å². The van der Waals surface area contributed by atoms with Crippen LogP contribution in [0.3, 0.4) is 0 Å². The van der Waals surface area contributed by atoms with Crippen LogP contribution in [0.15, 0.2) is 71.8 Å². The third kappa shape index (κ3) is 3.72. The summed E-state index contributed by atoms with van der Waals surface area (Å²) in [6.45, 7) is 1.58. The van der Waals surface area contributed by atoms with E-state index in [1.807, 2.05) is 61.2 Å². The van der Waals surface area contributed by atoms with Crippen LogP contribution in [0.2, 0.25) is 0 Å². The average molecular weight is 395 g/mol. The normalized spacial score (nSPS) is 12.1. The fraction of sp³-hybridized carbons (Fsp3) is 0.190. The van der Waals surface area contributed by atoms with Gasteiger partial charge >= 0.3 is 0 Å². The molecule has 0 aliphatic rings. The van der Waals surface area contributed by atoms with E-state index in [-0.39, 0.29) is 4.90 Å². The van der Waals surface area contributed by atoms with E-state index < -0.39 is 10.0 Å². The van der Waals surface area contributed by atoms with Crippen LogP contribution in [0.4, 0.5) is 5.69 Å². The molecule has 0 aliphatic heterocycles. The van der Waals surface area contributed by atoms with E-state index in [4.69, 9.17) is 0 Å². The first kappa shape index (κ1) is 18.5. The highest BCUT2D eigenvalue weighted by atomic mass is 32.2. The van der Waals surface area contributed by atoms with Gasteiger partial charge in [-0.1, -0.05) is 30.3 Å². The summed E-state index contributed by atoms with van der Waals surface area (Å²) in [4.78, 5) is 2.33. The molecule has 1 N–H and O–H groups in total. The third-order valence-electron chi connectivity index (χ3n) is 4.69. The Labute approximate surface area is 164 Å². The Hall–Kier alpha value is -2.90. The fourth-order valence-electron chi connectivity index (χ4n) is 3.16. The average Bonchev–Trinajstić information content (AvgIpc) is 3.08. The molecule has 0 unspecified atom stereocenters. The summed E-state index contributed by atoms with van der Waals surface area (Å²) < 4.78 is 30.3. The van der Waals surface area contributed by atoms with Gasteiger partial charge in [0.05, 0.1) is 28.8 Å². The Morgan fingerprint density at radius 3 is 2.50 bits per heavy atom. The van der Waals surface area contributed by atoms with Crippen molar-refractivity contribution in [2.75, 3.05) is 25.4 Å². The molecule has 0 bridgehead atoms.